The van der Waals surface area contributed by atoms with Crippen LogP contribution in [-0.4, -0.2) is 25.5 Å². The Morgan fingerprint density at radius 1 is 0.962 bits per heavy atom. The first-order valence-corrected chi connectivity index (χ1v) is 9.45. The Morgan fingerprint density at radius 2 is 1.54 bits per heavy atom. The maximum atomic E-state index is 12.2. The molecule has 2 amide bonds. The summed E-state index contributed by atoms with van der Waals surface area (Å²) in [6, 6.07) is 5.41. The lowest BCUT2D eigenvalue weighted by molar-refractivity contribution is -0.124. The maximum absolute atomic E-state index is 12.2. The minimum absolute atomic E-state index is 0.0829. The summed E-state index contributed by atoms with van der Waals surface area (Å²) in [4.78, 5) is 24.4. The van der Waals surface area contributed by atoms with Crippen molar-refractivity contribution in [1.82, 2.24) is 10.6 Å². The summed E-state index contributed by atoms with van der Waals surface area (Å²) in [7, 11) is 1.57. The van der Waals surface area contributed by atoms with E-state index >= 15 is 0 Å². The van der Waals surface area contributed by atoms with Crippen molar-refractivity contribution in [2.75, 3.05) is 13.7 Å². The van der Waals surface area contributed by atoms with Gasteiger partial charge in [-0.1, -0.05) is 32.8 Å². The van der Waals surface area contributed by atoms with E-state index in [0.717, 1.165) is 31.2 Å². The van der Waals surface area contributed by atoms with E-state index in [0.29, 0.717) is 30.9 Å². The molecule has 0 spiro atoms. The Hall–Kier alpha value is -2.24. The fourth-order valence-electron chi connectivity index (χ4n) is 2.48. The van der Waals surface area contributed by atoms with Crippen molar-refractivity contribution < 1.29 is 19.1 Å². The van der Waals surface area contributed by atoms with E-state index in [2.05, 4.69) is 10.6 Å². The molecule has 0 bridgehead atoms. The summed E-state index contributed by atoms with van der Waals surface area (Å²) in [5, 5.41) is 5.82. The molecule has 0 radical (unpaired) electrons. The quantitative estimate of drug-likeness (QED) is 0.554. The Bertz CT molecular complexity index is 553. The molecule has 26 heavy (non-hydrogen) atoms. The van der Waals surface area contributed by atoms with E-state index in [9.17, 15) is 9.59 Å². The largest absolute Gasteiger partial charge is 0.493 e. The van der Waals surface area contributed by atoms with Crippen molar-refractivity contribution in [3.05, 3.63) is 23.8 Å². The van der Waals surface area contributed by atoms with Gasteiger partial charge < -0.3 is 20.1 Å². The SMILES string of the molecule is CCCCC(=O)NC(NC(=O)CCCC)c1ccc(OCC)c(OC)c1. The molecule has 0 aliphatic heterocycles. The highest BCUT2D eigenvalue weighted by atomic mass is 16.5. The molecule has 2 N–H and O–H groups in total. The molecule has 146 valence electrons. The molecule has 0 aliphatic carbocycles. The fraction of sp³-hybridized carbons (Fsp3) is 0.600. The first kappa shape index (κ1) is 21.8. The van der Waals surface area contributed by atoms with E-state index in [-0.39, 0.29) is 11.8 Å². The molecule has 0 aromatic heterocycles. The van der Waals surface area contributed by atoms with Crippen LogP contribution >= 0.6 is 0 Å². The number of amides is 2. The van der Waals surface area contributed by atoms with E-state index in [4.69, 9.17) is 9.47 Å². The number of rotatable bonds is 12. The number of methoxy groups -OCH3 is 1. The van der Waals surface area contributed by atoms with Crippen molar-refractivity contribution in [3.8, 4) is 11.5 Å². The lowest BCUT2D eigenvalue weighted by Crippen LogP contribution is -2.41. The summed E-state index contributed by atoms with van der Waals surface area (Å²) in [5.74, 6) is 1.04. The van der Waals surface area contributed by atoms with Crippen LogP contribution in [0.1, 0.15) is 71.0 Å². The molecule has 6 nitrogen and oxygen atoms in total. The second kappa shape index (κ2) is 12.2. The number of benzene rings is 1. The van der Waals surface area contributed by atoms with Crippen LogP contribution in [0.2, 0.25) is 0 Å². The molecule has 0 unspecified atom stereocenters. The van der Waals surface area contributed by atoms with Gasteiger partial charge >= 0.3 is 0 Å². The molecule has 1 rings (SSSR count). The maximum Gasteiger partial charge on any atom is 0.221 e. The zero-order valence-electron chi connectivity index (χ0n) is 16.4. The molecular formula is C20H32N2O4. The molecular weight excluding hydrogens is 332 g/mol. The van der Waals surface area contributed by atoms with Gasteiger partial charge in [0.25, 0.3) is 0 Å². The van der Waals surface area contributed by atoms with Gasteiger partial charge in [-0.05, 0) is 37.5 Å². The lowest BCUT2D eigenvalue weighted by Gasteiger charge is -2.22. The van der Waals surface area contributed by atoms with Gasteiger partial charge in [0, 0.05) is 12.8 Å². The van der Waals surface area contributed by atoms with Crippen LogP contribution in [0.5, 0.6) is 11.5 Å². The minimum atomic E-state index is -0.590. The lowest BCUT2D eigenvalue weighted by atomic mass is 10.1. The Balaban J connectivity index is 2.98. The van der Waals surface area contributed by atoms with E-state index in [1.54, 1.807) is 19.2 Å². The van der Waals surface area contributed by atoms with Crippen molar-refractivity contribution in [3.63, 3.8) is 0 Å². The van der Waals surface area contributed by atoms with E-state index in [1.807, 2.05) is 26.8 Å². The Labute approximate surface area is 156 Å². The Morgan fingerprint density at radius 3 is 2.00 bits per heavy atom. The summed E-state index contributed by atoms with van der Waals surface area (Å²) >= 11 is 0. The average molecular weight is 364 g/mol. The number of hydrogen-bond acceptors (Lipinski definition) is 4. The first-order valence-electron chi connectivity index (χ1n) is 9.45. The van der Waals surface area contributed by atoms with Crippen LogP contribution in [0.15, 0.2) is 18.2 Å². The van der Waals surface area contributed by atoms with Crippen LogP contribution in [-0.2, 0) is 9.59 Å². The van der Waals surface area contributed by atoms with Gasteiger partial charge in [0.05, 0.1) is 13.7 Å². The molecule has 0 aliphatic rings. The summed E-state index contributed by atoms with van der Waals surface area (Å²) < 4.78 is 10.9. The van der Waals surface area contributed by atoms with Gasteiger partial charge in [-0.2, -0.15) is 0 Å². The fourth-order valence-corrected chi connectivity index (χ4v) is 2.48. The predicted octanol–water partition coefficient (Wildman–Crippen LogP) is 3.71. The van der Waals surface area contributed by atoms with Gasteiger partial charge in [0.1, 0.15) is 6.17 Å². The second-order valence-corrected chi connectivity index (χ2v) is 6.12. The van der Waals surface area contributed by atoms with Gasteiger partial charge in [-0.15, -0.1) is 0 Å². The zero-order valence-corrected chi connectivity index (χ0v) is 16.4. The standard InChI is InChI=1S/C20H32N2O4/c1-5-8-10-18(23)21-20(22-19(24)11-9-6-2)15-12-13-16(26-7-3)17(14-15)25-4/h12-14,20H,5-11H2,1-4H3,(H,21,23)(H,22,24). The smallest absolute Gasteiger partial charge is 0.221 e. The number of carbonyl (C=O) groups excluding carboxylic acids is 2. The van der Waals surface area contributed by atoms with Crippen LogP contribution in [0, 0.1) is 0 Å². The van der Waals surface area contributed by atoms with E-state index < -0.39 is 6.17 Å². The zero-order chi connectivity index (χ0) is 19.4. The molecule has 1 aromatic carbocycles. The number of hydrogen-bond donors (Lipinski definition) is 2. The molecule has 0 heterocycles. The first-order chi connectivity index (χ1) is 12.5. The van der Waals surface area contributed by atoms with Crippen molar-refractivity contribution in [1.29, 1.82) is 0 Å². The monoisotopic (exact) mass is 364 g/mol. The molecule has 1 aromatic rings. The summed E-state index contributed by atoms with van der Waals surface area (Å²) in [6.07, 6.45) is 3.80. The topological polar surface area (TPSA) is 76.7 Å². The van der Waals surface area contributed by atoms with Crippen LogP contribution < -0.4 is 20.1 Å². The summed E-state index contributed by atoms with van der Waals surface area (Å²) in [6.45, 7) is 6.50. The van der Waals surface area contributed by atoms with Crippen LogP contribution in [0.3, 0.4) is 0 Å². The normalized spacial score (nSPS) is 10.5. The van der Waals surface area contributed by atoms with Crippen molar-refractivity contribution in [2.45, 2.75) is 65.5 Å². The highest BCUT2D eigenvalue weighted by Crippen LogP contribution is 2.30. The van der Waals surface area contributed by atoms with E-state index in [1.165, 1.54) is 0 Å². The van der Waals surface area contributed by atoms with Gasteiger partial charge in [0.2, 0.25) is 11.8 Å². The number of carbonyl (C=O) groups is 2. The van der Waals surface area contributed by atoms with Crippen molar-refractivity contribution in [2.24, 2.45) is 0 Å². The molecule has 0 saturated carbocycles. The third kappa shape index (κ3) is 7.33. The third-order valence-corrected chi connectivity index (χ3v) is 3.95. The second-order valence-electron chi connectivity index (χ2n) is 6.12. The predicted molar refractivity (Wildman–Crippen MR) is 102 cm³/mol. The third-order valence-electron chi connectivity index (χ3n) is 3.95. The number of unbranched alkanes of at least 4 members (excludes halogenated alkanes) is 2. The van der Waals surface area contributed by atoms with Crippen LogP contribution in [0.25, 0.3) is 0 Å². The Kier molecular flexibility index (Phi) is 10.2. The van der Waals surface area contributed by atoms with Gasteiger partial charge in [0.15, 0.2) is 11.5 Å². The summed E-state index contributed by atoms with van der Waals surface area (Å²) in [5.41, 5.74) is 0.750. The van der Waals surface area contributed by atoms with Gasteiger partial charge in [-0.3, -0.25) is 9.59 Å². The highest BCUT2D eigenvalue weighted by Gasteiger charge is 2.19. The van der Waals surface area contributed by atoms with Gasteiger partial charge in [-0.25, -0.2) is 0 Å². The van der Waals surface area contributed by atoms with Crippen LogP contribution in [0.4, 0.5) is 0 Å². The number of nitrogens with one attached hydrogen (secondary N) is 2. The molecule has 0 saturated heterocycles. The highest BCUT2D eigenvalue weighted by molar-refractivity contribution is 5.79. The van der Waals surface area contributed by atoms with Crippen molar-refractivity contribution >= 4 is 11.8 Å². The molecule has 0 atom stereocenters. The minimum Gasteiger partial charge on any atom is -0.493 e. The number of ether oxygens (including phenoxy) is 2. The molecule has 0 fully saturated rings. The average Bonchev–Trinajstić information content (AvgIpc) is 2.64. The molecule has 6 heteroatoms.